The molecule has 0 aromatic carbocycles. The molecule has 1 unspecified atom stereocenters. The summed E-state index contributed by atoms with van der Waals surface area (Å²) >= 11 is 1.74. The monoisotopic (exact) mass is 268 g/mol. The highest BCUT2D eigenvalue weighted by molar-refractivity contribution is 7.13. The van der Waals surface area contributed by atoms with Gasteiger partial charge in [0.1, 0.15) is 0 Å². The van der Waals surface area contributed by atoms with E-state index in [9.17, 15) is 0 Å². The lowest BCUT2D eigenvalue weighted by Gasteiger charge is -2.34. The molecule has 18 heavy (non-hydrogen) atoms. The van der Waals surface area contributed by atoms with Crippen molar-refractivity contribution in [3.8, 4) is 0 Å². The maximum atomic E-state index is 5.64. The summed E-state index contributed by atoms with van der Waals surface area (Å²) in [5.41, 5.74) is 5.64. The number of nitrogens with zero attached hydrogens (tertiary/aromatic N) is 3. The first-order chi connectivity index (χ1) is 8.79. The van der Waals surface area contributed by atoms with Crippen molar-refractivity contribution in [2.75, 3.05) is 44.2 Å². The smallest absolute Gasteiger partial charge is 0.185 e. The van der Waals surface area contributed by atoms with E-state index in [1.54, 1.807) is 11.3 Å². The zero-order valence-corrected chi connectivity index (χ0v) is 12.0. The zero-order chi connectivity index (χ0) is 12.8. The summed E-state index contributed by atoms with van der Waals surface area (Å²) in [7, 11) is 0. The Balaban J connectivity index is 1.64. The molecule has 102 valence electrons. The zero-order valence-electron chi connectivity index (χ0n) is 11.2. The lowest BCUT2D eigenvalue weighted by molar-refractivity contribution is 0.248. The Labute approximate surface area is 114 Å². The van der Waals surface area contributed by atoms with Crippen molar-refractivity contribution in [1.82, 2.24) is 9.88 Å². The van der Waals surface area contributed by atoms with E-state index in [-0.39, 0.29) is 0 Å². The maximum absolute atomic E-state index is 5.64. The van der Waals surface area contributed by atoms with Gasteiger partial charge in [-0.05, 0) is 31.8 Å². The van der Waals surface area contributed by atoms with Gasteiger partial charge in [-0.25, -0.2) is 4.98 Å². The highest BCUT2D eigenvalue weighted by Gasteiger charge is 2.18. The van der Waals surface area contributed by atoms with E-state index in [1.165, 1.54) is 24.5 Å². The van der Waals surface area contributed by atoms with Gasteiger partial charge in [-0.15, -0.1) is 11.3 Å². The molecular weight excluding hydrogens is 244 g/mol. The van der Waals surface area contributed by atoms with Crippen molar-refractivity contribution >= 4 is 16.5 Å². The molecule has 0 saturated carbocycles. The number of rotatable bonds is 6. The van der Waals surface area contributed by atoms with E-state index in [1.807, 2.05) is 6.20 Å². The van der Waals surface area contributed by atoms with Crippen LogP contribution < -0.4 is 10.6 Å². The van der Waals surface area contributed by atoms with Gasteiger partial charge in [0.05, 0.1) is 0 Å². The van der Waals surface area contributed by atoms with Crippen LogP contribution in [0.5, 0.6) is 0 Å². The first-order valence-electron chi connectivity index (χ1n) is 6.86. The van der Waals surface area contributed by atoms with Crippen LogP contribution in [0.15, 0.2) is 11.6 Å². The number of hydrogen-bond donors (Lipinski definition) is 1. The third-order valence-corrected chi connectivity index (χ3v) is 4.47. The van der Waals surface area contributed by atoms with E-state index in [0.29, 0.717) is 5.92 Å². The Morgan fingerprint density at radius 2 is 2.17 bits per heavy atom. The van der Waals surface area contributed by atoms with Crippen molar-refractivity contribution in [2.24, 2.45) is 11.7 Å². The van der Waals surface area contributed by atoms with Crippen LogP contribution in [0, 0.1) is 5.92 Å². The van der Waals surface area contributed by atoms with Crippen LogP contribution in [0.4, 0.5) is 5.13 Å². The quantitative estimate of drug-likeness (QED) is 0.852. The second-order valence-corrected chi connectivity index (χ2v) is 6.00. The number of thiazole rings is 1. The SMILES string of the molecule is CC(CN)CCCN1CCN(c2nccs2)CC1. The topological polar surface area (TPSA) is 45.4 Å². The van der Waals surface area contributed by atoms with Crippen LogP contribution in [-0.4, -0.2) is 49.2 Å². The fraction of sp³-hybridized carbons (Fsp3) is 0.769. The second kappa shape index (κ2) is 7.07. The molecule has 5 heteroatoms. The predicted octanol–water partition coefficient (Wildman–Crippen LogP) is 1.64. The Morgan fingerprint density at radius 1 is 1.39 bits per heavy atom. The number of hydrogen-bond acceptors (Lipinski definition) is 5. The largest absolute Gasteiger partial charge is 0.346 e. The van der Waals surface area contributed by atoms with Gasteiger partial charge in [0.2, 0.25) is 0 Å². The van der Waals surface area contributed by atoms with Crippen molar-refractivity contribution < 1.29 is 0 Å². The minimum Gasteiger partial charge on any atom is -0.346 e. The maximum Gasteiger partial charge on any atom is 0.185 e. The molecular formula is C13H24N4S. The molecule has 2 N–H and O–H groups in total. The van der Waals surface area contributed by atoms with Gasteiger partial charge in [-0.2, -0.15) is 0 Å². The van der Waals surface area contributed by atoms with Crippen LogP contribution in [0.25, 0.3) is 0 Å². The summed E-state index contributed by atoms with van der Waals surface area (Å²) < 4.78 is 0. The van der Waals surface area contributed by atoms with E-state index < -0.39 is 0 Å². The van der Waals surface area contributed by atoms with Crippen LogP contribution >= 0.6 is 11.3 Å². The van der Waals surface area contributed by atoms with Crippen molar-refractivity contribution in [2.45, 2.75) is 19.8 Å². The summed E-state index contributed by atoms with van der Waals surface area (Å²) in [6, 6.07) is 0. The fourth-order valence-electron chi connectivity index (χ4n) is 2.32. The van der Waals surface area contributed by atoms with Crippen molar-refractivity contribution in [3.05, 3.63) is 11.6 Å². The Bertz CT molecular complexity index is 320. The van der Waals surface area contributed by atoms with Crippen molar-refractivity contribution in [3.63, 3.8) is 0 Å². The van der Waals surface area contributed by atoms with Gasteiger partial charge >= 0.3 is 0 Å². The van der Waals surface area contributed by atoms with Crippen molar-refractivity contribution in [1.29, 1.82) is 0 Å². The molecule has 0 amide bonds. The predicted molar refractivity (Wildman–Crippen MR) is 78.2 cm³/mol. The molecule has 2 rings (SSSR count). The molecule has 1 fully saturated rings. The molecule has 0 bridgehead atoms. The first-order valence-corrected chi connectivity index (χ1v) is 7.74. The average molecular weight is 268 g/mol. The molecule has 2 heterocycles. The first kappa shape index (κ1) is 13.8. The summed E-state index contributed by atoms with van der Waals surface area (Å²) in [6.07, 6.45) is 4.42. The number of anilines is 1. The summed E-state index contributed by atoms with van der Waals surface area (Å²) in [4.78, 5) is 9.33. The van der Waals surface area contributed by atoms with E-state index in [2.05, 4.69) is 27.1 Å². The highest BCUT2D eigenvalue weighted by Crippen LogP contribution is 2.19. The van der Waals surface area contributed by atoms with E-state index >= 15 is 0 Å². The number of nitrogens with two attached hydrogens (primary N) is 1. The molecule has 1 saturated heterocycles. The van der Waals surface area contributed by atoms with Gasteiger partial charge in [0.15, 0.2) is 5.13 Å². The van der Waals surface area contributed by atoms with E-state index in [0.717, 1.165) is 32.7 Å². The van der Waals surface area contributed by atoms with Crippen LogP contribution in [-0.2, 0) is 0 Å². The second-order valence-electron chi connectivity index (χ2n) is 5.13. The minimum absolute atomic E-state index is 0.668. The van der Waals surface area contributed by atoms with Crippen LogP contribution in [0.1, 0.15) is 19.8 Å². The highest BCUT2D eigenvalue weighted by atomic mass is 32.1. The van der Waals surface area contributed by atoms with Gasteiger partial charge < -0.3 is 10.6 Å². The van der Waals surface area contributed by atoms with Gasteiger partial charge in [-0.3, -0.25) is 4.90 Å². The van der Waals surface area contributed by atoms with Crippen LogP contribution in [0.2, 0.25) is 0 Å². The van der Waals surface area contributed by atoms with Gasteiger partial charge in [-0.1, -0.05) is 6.92 Å². The lowest BCUT2D eigenvalue weighted by atomic mass is 10.1. The average Bonchev–Trinajstić information content (AvgIpc) is 2.93. The molecule has 1 aromatic rings. The van der Waals surface area contributed by atoms with Gasteiger partial charge in [0.25, 0.3) is 0 Å². The Kier molecular flexibility index (Phi) is 5.41. The number of aromatic nitrogens is 1. The minimum atomic E-state index is 0.668. The molecule has 0 spiro atoms. The molecule has 0 radical (unpaired) electrons. The fourth-order valence-corrected chi connectivity index (χ4v) is 3.01. The van der Waals surface area contributed by atoms with Crippen LogP contribution in [0.3, 0.4) is 0 Å². The standard InChI is InChI=1S/C13H24N4S/c1-12(11-14)3-2-5-16-6-8-17(9-7-16)13-15-4-10-18-13/h4,10,12H,2-3,5-9,11,14H2,1H3. The molecule has 4 nitrogen and oxygen atoms in total. The van der Waals surface area contributed by atoms with E-state index in [4.69, 9.17) is 5.73 Å². The summed E-state index contributed by atoms with van der Waals surface area (Å²) in [5.74, 6) is 0.668. The Hall–Kier alpha value is -0.650. The molecule has 1 aromatic heterocycles. The molecule has 1 atom stereocenters. The Morgan fingerprint density at radius 3 is 2.78 bits per heavy atom. The number of piperazine rings is 1. The third kappa shape index (κ3) is 3.93. The molecule has 1 aliphatic rings. The lowest BCUT2D eigenvalue weighted by Crippen LogP contribution is -2.46. The molecule has 0 aliphatic carbocycles. The normalized spacial score (nSPS) is 19.1. The van der Waals surface area contributed by atoms with Gasteiger partial charge in [0, 0.05) is 37.8 Å². The summed E-state index contributed by atoms with van der Waals surface area (Å²) in [5, 5.41) is 3.22. The third-order valence-electron chi connectivity index (χ3n) is 3.64. The summed E-state index contributed by atoms with van der Waals surface area (Å²) in [6.45, 7) is 8.82. The molecule has 1 aliphatic heterocycles.